The Labute approximate surface area is 216 Å². The van der Waals surface area contributed by atoms with Gasteiger partial charge in [-0.25, -0.2) is 5.43 Å². The maximum Gasteiger partial charge on any atom is 0.394 e. The number of allylic oxidation sites excluding steroid dienone is 2. The molecule has 192 valence electrons. The third kappa shape index (κ3) is 13.3. The molecule has 0 saturated heterocycles. The molecule has 0 saturated carbocycles. The number of hydrogen-bond donors (Lipinski definition) is 4. The van der Waals surface area contributed by atoms with Crippen LogP contribution in [0.5, 0.6) is 0 Å². The summed E-state index contributed by atoms with van der Waals surface area (Å²) in [4.78, 5) is 12.3. The summed E-state index contributed by atoms with van der Waals surface area (Å²) in [5, 5.41) is 8.27. The molecular weight excluding hydrogens is 492 g/mol. The van der Waals surface area contributed by atoms with E-state index in [1.807, 2.05) is 80.6 Å². The van der Waals surface area contributed by atoms with Gasteiger partial charge in [-0.15, -0.1) is 0 Å². The Hall–Kier alpha value is -4.38. The Kier molecular flexibility index (Phi) is 11.6. The Morgan fingerprint density at radius 1 is 0.730 bits per heavy atom. The van der Waals surface area contributed by atoms with Crippen LogP contribution in [0.4, 0.5) is 5.69 Å². The lowest BCUT2D eigenvalue weighted by atomic mass is 10.1. The number of nitrogens with zero attached hydrogens (tertiary/aromatic N) is 2. The van der Waals surface area contributed by atoms with Crippen LogP contribution in [0.25, 0.3) is 12.2 Å². The molecule has 9 nitrogen and oxygen atoms in total. The van der Waals surface area contributed by atoms with Crippen LogP contribution in [0.3, 0.4) is 0 Å². The van der Waals surface area contributed by atoms with Gasteiger partial charge >= 0.3 is 10.4 Å². The number of carbonyl (C=O) groups excluding carboxylic acids is 1. The van der Waals surface area contributed by atoms with Gasteiger partial charge in [-0.2, -0.15) is 18.6 Å². The standard InChI is InChI=1S/C27H26N4O.H2O4S/c1-21(17-23-9-5-3-6-10-23)19-28-30-26-15-13-25(14-16-26)27(32)31-29-20-22(2)18-24-11-7-4-8-12-24;1-5(2,3)4/h3-20,30H,1-2H3,(H,31,32);(H2,1,2,3,4)/b21-17?,22-18?,28-19+,29-20?;. The van der Waals surface area contributed by atoms with Gasteiger partial charge in [-0.3, -0.25) is 19.3 Å². The predicted octanol–water partition coefficient (Wildman–Crippen LogP) is 5.35. The largest absolute Gasteiger partial charge is 0.394 e. The van der Waals surface area contributed by atoms with Crippen LogP contribution >= 0.6 is 0 Å². The van der Waals surface area contributed by atoms with Crippen molar-refractivity contribution in [2.24, 2.45) is 10.2 Å². The van der Waals surface area contributed by atoms with E-state index >= 15 is 0 Å². The molecule has 0 aromatic heterocycles. The highest BCUT2D eigenvalue weighted by Crippen LogP contribution is 2.10. The van der Waals surface area contributed by atoms with Crippen molar-refractivity contribution < 1.29 is 22.3 Å². The lowest BCUT2D eigenvalue weighted by molar-refractivity contribution is 0.0955. The lowest BCUT2D eigenvalue weighted by Gasteiger charge is -2.03. The minimum Gasteiger partial charge on any atom is -0.279 e. The smallest absolute Gasteiger partial charge is 0.279 e. The predicted molar refractivity (Wildman–Crippen MR) is 149 cm³/mol. The average Bonchev–Trinajstić information content (AvgIpc) is 2.84. The fourth-order valence-electron chi connectivity index (χ4n) is 2.86. The molecule has 3 rings (SSSR count). The van der Waals surface area contributed by atoms with E-state index in [9.17, 15) is 4.79 Å². The molecule has 0 aliphatic carbocycles. The summed E-state index contributed by atoms with van der Waals surface area (Å²) < 4.78 is 31.6. The maximum absolute atomic E-state index is 12.3. The van der Waals surface area contributed by atoms with E-state index in [2.05, 4.69) is 27.1 Å². The van der Waals surface area contributed by atoms with Gasteiger partial charge in [0.15, 0.2) is 0 Å². The molecule has 0 fully saturated rings. The van der Waals surface area contributed by atoms with Crippen LogP contribution < -0.4 is 10.9 Å². The first-order valence-electron chi connectivity index (χ1n) is 11.0. The summed E-state index contributed by atoms with van der Waals surface area (Å²) in [5.74, 6) is -0.273. The summed E-state index contributed by atoms with van der Waals surface area (Å²) in [6, 6.07) is 27.1. The molecule has 3 aromatic rings. The van der Waals surface area contributed by atoms with Gasteiger partial charge < -0.3 is 0 Å². The second-order valence-corrected chi connectivity index (χ2v) is 8.59. The van der Waals surface area contributed by atoms with Crippen molar-refractivity contribution in [1.82, 2.24) is 5.43 Å². The molecule has 0 atom stereocenters. The molecular formula is C27H28N4O5S. The van der Waals surface area contributed by atoms with E-state index in [-0.39, 0.29) is 5.91 Å². The van der Waals surface area contributed by atoms with E-state index in [0.29, 0.717) is 5.56 Å². The fourth-order valence-corrected chi connectivity index (χ4v) is 2.86. The summed E-state index contributed by atoms with van der Waals surface area (Å²) in [6.07, 6.45) is 7.43. The summed E-state index contributed by atoms with van der Waals surface area (Å²) >= 11 is 0. The van der Waals surface area contributed by atoms with Gasteiger partial charge in [0, 0.05) is 5.56 Å². The van der Waals surface area contributed by atoms with Crippen LogP contribution in [0.1, 0.15) is 35.3 Å². The van der Waals surface area contributed by atoms with Crippen molar-refractivity contribution in [1.29, 1.82) is 0 Å². The topological polar surface area (TPSA) is 140 Å². The van der Waals surface area contributed by atoms with Crippen LogP contribution in [-0.2, 0) is 10.4 Å². The molecule has 4 N–H and O–H groups in total. The van der Waals surface area contributed by atoms with E-state index in [1.165, 1.54) is 0 Å². The molecule has 1 amide bonds. The van der Waals surface area contributed by atoms with Gasteiger partial charge in [-0.1, -0.05) is 72.8 Å². The normalized spacial score (nSPS) is 12.2. The molecule has 0 radical (unpaired) electrons. The highest BCUT2D eigenvalue weighted by Gasteiger charge is 2.03. The van der Waals surface area contributed by atoms with Crippen LogP contribution in [-0.4, -0.2) is 35.9 Å². The number of benzene rings is 3. The Bertz CT molecular complexity index is 1360. The molecule has 3 aromatic carbocycles. The van der Waals surface area contributed by atoms with Gasteiger partial charge in [0.25, 0.3) is 5.91 Å². The minimum absolute atomic E-state index is 0.273. The number of rotatable bonds is 8. The van der Waals surface area contributed by atoms with Gasteiger partial charge in [0.2, 0.25) is 0 Å². The summed E-state index contributed by atoms with van der Waals surface area (Å²) in [5.41, 5.74) is 11.0. The fraction of sp³-hybridized carbons (Fsp3) is 0.0741. The van der Waals surface area contributed by atoms with Crippen LogP contribution in [0.2, 0.25) is 0 Å². The number of carbonyl (C=O) groups is 1. The first-order valence-corrected chi connectivity index (χ1v) is 12.4. The van der Waals surface area contributed by atoms with Gasteiger partial charge in [-0.05, 0) is 60.4 Å². The van der Waals surface area contributed by atoms with Crippen molar-refractivity contribution in [3.8, 4) is 0 Å². The molecule has 0 unspecified atom stereocenters. The number of hydrogen-bond acceptors (Lipinski definition) is 6. The third-order valence-corrected chi connectivity index (χ3v) is 4.43. The van der Waals surface area contributed by atoms with Crippen molar-refractivity contribution in [3.05, 3.63) is 113 Å². The Morgan fingerprint density at radius 2 is 1.16 bits per heavy atom. The second-order valence-electron chi connectivity index (χ2n) is 7.69. The van der Waals surface area contributed by atoms with Crippen LogP contribution in [0, 0.1) is 0 Å². The van der Waals surface area contributed by atoms with Gasteiger partial charge in [0.05, 0.1) is 18.1 Å². The zero-order chi connectivity index (χ0) is 27.1. The quantitative estimate of drug-likeness (QED) is 0.179. The van der Waals surface area contributed by atoms with E-state index < -0.39 is 10.4 Å². The highest BCUT2D eigenvalue weighted by atomic mass is 32.3. The van der Waals surface area contributed by atoms with E-state index in [1.54, 1.807) is 36.7 Å². The molecule has 37 heavy (non-hydrogen) atoms. The Morgan fingerprint density at radius 3 is 1.62 bits per heavy atom. The highest BCUT2D eigenvalue weighted by molar-refractivity contribution is 7.79. The zero-order valence-electron chi connectivity index (χ0n) is 20.3. The zero-order valence-corrected chi connectivity index (χ0v) is 21.1. The number of hydrazone groups is 2. The molecule has 0 aliphatic heterocycles. The average molecular weight is 521 g/mol. The van der Waals surface area contributed by atoms with Crippen LogP contribution in [0.15, 0.2) is 106 Å². The number of amides is 1. The third-order valence-electron chi connectivity index (χ3n) is 4.43. The second kappa shape index (κ2) is 14.9. The summed E-state index contributed by atoms with van der Waals surface area (Å²) in [6.45, 7) is 3.92. The number of anilines is 1. The molecule has 0 spiro atoms. The van der Waals surface area contributed by atoms with Crippen molar-refractivity contribution >= 4 is 46.6 Å². The minimum atomic E-state index is -4.67. The maximum atomic E-state index is 12.3. The first-order chi connectivity index (χ1) is 17.6. The Balaban J connectivity index is 0.000000877. The summed E-state index contributed by atoms with van der Waals surface area (Å²) in [7, 11) is -4.67. The van der Waals surface area contributed by atoms with Crippen molar-refractivity contribution in [2.75, 3.05) is 5.43 Å². The first kappa shape index (κ1) is 28.9. The van der Waals surface area contributed by atoms with Gasteiger partial charge in [0.1, 0.15) is 0 Å². The SMILES string of the molecule is CC(C=NNC(=O)c1ccc(N/N=C/C(C)=Cc2ccccc2)cc1)=Cc1ccccc1.O=S(=O)(O)O. The molecule has 0 bridgehead atoms. The van der Waals surface area contributed by atoms with E-state index in [4.69, 9.17) is 17.5 Å². The van der Waals surface area contributed by atoms with Crippen molar-refractivity contribution in [2.45, 2.75) is 13.8 Å². The lowest BCUT2D eigenvalue weighted by Crippen LogP contribution is -2.17. The van der Waals surface area contributed by atoms with Crippen molar-refractivity contribution in [3.63, 3.8) is 0 Å². The molecule has 10 heteroatoms. The molecule has 0 heterocycles. The molecule has 0 aliphatic rings. The monoisotopic (exact) mass is 520 g/mol. The van der Waals surface area contributed by atoms with E-state index in [0.717, 1.165) is 28.0 Å². The number of nitrogens with one attached hydrogen (secondary N) is 2.